The van der Waals surface area contributed by atoms with Crippen molar-refractivity contribution in [2.45, 2.75) is 6.54 Å². The average Bonchev–Trinajstić information content (AvgIpc) is 2.47. The van der Waals surface area contributed by atoms with Crippen LogP contribution in [0.5, 0.6) is 0 Å². The lowest BCUT2D eigenvalue weighted by Gasteiger charge is -1.99. The van der Waals surface area contributed by atoms with Crippen molar-refractivity contribution in [2.24, 2.45) is 0 Å². The number of nitrogens with zero attached hydrogens (tertiary/aromatic N) is 1. The van der Waals surface area contributed by atoms with Crippen LogP contribution in [0.4, 0.5) is 0 Å². The van der Waals surface area contributed by atoms with E-state index in [9.17, 15) is 4.79 Å². The normalized spacial score (nSPS) is 13.8. The molecule has 1 aromatic rings. The zero-order valence-electron chi connectivity index (χ0n) is 6.69. The number of amides is 1. The summed E-state index contributed by atoms with van der Waals surface area (Å²) < 4.78 is 0. The molecule has 0 saturated carbocycles. The summed E-state index contributed by atoms with van der Waals surface area (Å²) in [5.74, 6) is -0.266. The maximum Gasteiger partial charge on any atom is 0.508 e. The molecule has 6 heteroatoms. The smallest absolute Gasteiger partial charge is 0.422 e. The number of aromatic nitrogens is 1. The third-order valence-electron chi connectivity index (χ3n) is 1.92. The molecule has 1 aliphatic rings. The highest BCUT2D eigenvalue weighted by Gasteiger charge is 2.23. The van der Waals surface area contributed by atoms with Gasteiger partial charge in [0.2, 0.25) is 0 Å². The minimum atomic E-state index is -1.63. The van der Waals surface area contributed by atoms with Gasteiger partial charge in [-0.3, -0.25) is 9.78 Å². The van der Waals surface area contributed by atoms with Crippen LogP contribution in [0.3, 0.4) is 0 Å². The van der Waals surface area contributed by atoms with Crippen LogP contribution in [0.2, 0.25) is 0 Å². The molecule has 0 bridgehead atoms. The van der Waals surface area contributed by atoms with E-state index >= 15 is 0 Å². The standard InChI is InChI=1S/C7H7BN2O3/c11-7-6-4(3-9-7)1-2-5(10-6)8(12)13/h1-2,12-13H,3H2,(H,9,11). The van der Waals surface area contributed by atoms with E-state index in [1.165, 1.54) is 6.07 Å². The molecule has 0 aliphatic carbocycles. The van der Waals surface area contributed by atoms with Crippen molar-refractivity contribution >= 4 is 18.6 Å². The van der Waals surface area contributed by atoms with Crippen molar-refractivity contribution in [3.05, 3.63) is 23.4 Å². The number of carbonyl (C=O) groups excluding carboxylic acids is 1. The van der Waals surface area contributed by atoms with Gasteiger partial charge >= 0.3 is 7.12 Å². The average molecular weight is 178 g/mol. The Balaban J connectivity index is 2.48. The number of fused-ring (bicyclic) bond motifs is 1. The van der Waals surface area contributed by atoms with Gasteiger partial charge in [-0.1, -0.05) is 6.07 Å². The summed E-state index contributed by atoms with van der Waals surface area (Å²) in [6, 6.07) is 3.15. The summed E-state index contributed by atoms with van der Waals surface area (Å²) in [5, 5.41) is 20.2. The molecule has 5 nitrogen and oxygen atoms in total. The van der Waals surface area contributed by atoms with Crippen LogP contribution in [0.25, 0.3) is 0 Å². The Morgan fingerprint density at radius 1 is 1.46 bits per heavy atom. The monoisotopic (exact) mass is 178 g/mol. The molecule has 0 aromatic carbocycles. The van der Waals surface area contributed by atoms with E-state index in [0.29, 0.717) is 6.54 Å². The predicted octanol–water partition coefficient (Wildman–Crippen LogP) is -2.00. The maximum atomic E-state index is 11.1. The number of rotatable bonds is 1. The summed E-state index contributed by atoms with van der Waals surface area (Å²) >= 11 is 0. The second-order valence-corrected chi connectivity index (χ2v) is 2.80. The van der Waals surface area contributed by atoms with Crippen LogP contribution in [0.15, 0.2) is 12.1 Å². The fraction of sp³-hybridized carbons (Fsp3) is 0.143. The molecule has 0 fully saturated rings. The van der Waals surface area contributed by atoms with E-state index in [1.807, 2.05) is 0 Å². The molecule has 2 heterocycles. The topological polar surface area (TPSA) is 82.5 Å². The highest BCUT2D eigenvalue weighted by atomic mass is 16.4. The van der Waals surface area contributed by atoms with Crippen molar-refractivity contribution < 1.29 is 14.8 Å². The zero-order valence-corrected chi connectivity index (χ0v) is 6.69. The lowest BCUT2D eigenvalue weighted by molar-refractivity contribution is 0.0961. The summed E-state index contributed by atoms with van der Waals surface area (Å²) in [5.41, 5.74) is 1.16. The van der Waals surface area contributed by atoms with Crippen LogP contribution in [0.1, 0.15) is 16.1 Å². The first-order valence-corrected chi connectivity index (χ1v) is 3.82. The Hall–Kier alpha value is -1.40. The summed E-state index contributed by atoms with van der Waals surface area (Å²) in [4.78, 5) is 14.9. The number of hydrogen-bond acceptors (Lipinski definition) is 4. The summed E-state index contributed by atoms with van der Waals surface area (Å²) in [6.07, 6.45) is 0. The van der Waals surface area contributed by atoms with Crippen molar-refractivity contribution in [1.29, 1.82) is 0 Å². The number of pyridine rings is 1. The van der Waals surface area contributed by atoms with E-state index in [-0.39, 0.29) is 17.2 Å². The van der Waals surface area contributed by atoms with Gasteiger partial charge in [0.15, 0.2) is 0 Å². The molecule has 3 N–H and O–H groups in total. The molecule has 0 atom stereocenters. The van der Waals surface area contributed by atoms with Crippen LogP contribution >= 0.6 is 0 Å². The quantitative estimate of drug-likeness (QED) is 0.434. The van der Waals surface area contributed by atoms with Crippen molar-refractivity contribution in [3.8, 4) is 0 Å². The third kappa shape index (κ3) is 1.30. The molecule has 2 rings (SSSR count). The van der Waals surface area contributed by atoms with Crippen molar-refractivity contribution in [3.63, 3.8) is 0 Å². The van der Waals surface area contributed by atoms with Crippen molar-refractivity contribution in [1.82, 2.24) is 10.3 Å². The zero-order chi connectivity index (χ0) is 9.42. The molecule has 0 radical (unpaired) electrons. The number of nitrogens with one attached hydrogen (secondary N) is 1. The van der Waals surface area contributed by atoms with Crippen molar-refractivity contribution in [2.75, 3.05) is 0 Å². The minimum Gasteiger partial charge on any atom is -0.422 e. The third-order valence-corrected chi connectivity index (χ3v) is 1.92. The molecular weight excluding hydrogens is 171 g/mol. The SMILES string of the molecule is O=C1NCc2ccc(B(O)O)nc21. The minimum absolute atomic E-state index is 0.0933. The molecule has 13 heavy (non-hydrogen) atoms. The highest BCUT2D eigenvalue weighted by Crippen LogP contribution is 2.09. The fourth-order valence-electron chi connectivity index (χ4n) is 1.25. The van der Waals surface area contributed by atoms with Crippen LogP contribution in [-0.4, -0.2) is 28.1 Å². The molecular formula is C7H7BN2O3. The number of hydrogen-bond donors (Lipinski definition) is 3. The molecule has 0 spiro atoms. The second kappa shape index (κ2) is 2.83. The summed E-state index contributed by atoms with van der Waals surface area (Å²) in [6.45, 7) is 0.461. The molecule has 0 saturated heterocycles. The van der Waals surface area contributed by atoms with Gasteiger partial charge in [-0.2, -0.15) is 0 Å². The lowest BCUT2D eigenvalue weighted by Crippen LogP contribution is -2.33. The predicted molar refractivity (Wildman–Crippen MR) is 45.2 cm³/mol. The van der Waals surface area contributed by atoms with E-state index < -0.39 is 7.12 Å². The highest BCUT2D eigenvalue weighted by molar-refractivity contribution is 6.57. The van der Waals surface area contributed by atoms with Gasteiger partial charge in [-0.25, -0.2) is 0 Å². The first-order valence-electron chi connectivity index (χ1n) is 3.82. The fourth-order valence-corrected chi connectivity index (χ4v) is 1.25. The molecule has 1 amide bonds. The number of carbonyl (C=O) groups is 1. The Morgan fingerprint density at radius 3 is 2.92 bits per heavy atom. The van der Waals surface area contributed by atoms with Gasteiger partial charge in [0, 0.05) is 12.1 Å². The maximum absolute atomic E-state index is 11.1. The first-order chi connectivity index (χ1) is 6.18. The van der Waals surface area contributed by atoms with Gasteiger partial charge < -0.3 is 15.4 Å². The van der Waals surface area contributed by atoms with Crippen LogP contribution < -0.4 is 10.9 Å². The van der Waals surface area contributed by atoms with Crippen LogP contribution in [-0.2, 0) is 6.54 Å². The molecule has 1 aliphatic heterocycles. The Morgan fingerprint density at radius 2 is 2.23 bits per heavy atom. The lowest BCUT2D eigenvalue weighted by atomic mass is 9.85. The first kappa shape index (κ1) is 8.21. The Labute approximate surface area is 74.6 Å². The molecule has 0 unspecified atom stereocenters. The summed E-state index contributed by atoms with van der Waals surface area (Å²) in [7, 11) is -1.63. The van der Waals surface area contributed by atoms with Gasteiger partial charge in [0.1, 0.15) is 5.69 Å². The van der Waals surface area contributed by atoms with E-state index in [0.717, 1.165) is 5.56 Å². The van der Waals surface area contributed by atoms with Gasteiger partial charge in [0.05, 0.1) is 5.59 Å². The van der Waals surface area contributed by atoms with E-state index in [2.05, 4.69) is 10.3 Å². The van der Waals surface area contributed by atoms with E-state index in [1.54, 1.807) is 6.07 Å². The van der Waals surface area contributed by atoms with Crippen LogP contribution in [0, 0.1) is 0 Å². The molecule has 1 aromatic heterocycles. The largest absolute Gasteiger partial charge is 0.508 e. The Bertz CT molecular complexity index is 367. The van der Waals surface area contributed by atoms with Gasteiger partial charge in [-0.05, 0) is 6.07 Å². The van der Waals surface area contributed by atoms with E-state index in [4.69, 9.17) is 10.0 Å². The second-order valence-electron chi connectivity index (χ2n) is 2.80. The molecule has 66 valence electrons. The Kier molecular flexibility index (Phi) is 1.79. The van der Waals surface area contributed by atoms with Gasteiger partial charge in [-0.15, -0.1) is 0 Å². The van der Waals surface area contributed by atoms with Gasteiger partial charge in [0.25, 0.3) is 5.91 Å².